The Morgan fingerprint density at radius 3 is 1.66 bits per heavy atom. The number of amides is 11. The minimum Gasteiger partial charge on any atom is -0.391 e. The molecular formula is C48H86N14O12. The van der Waals surface area contributed by atoms with Crippen LogP contribution in [-0.2, 0) is 52.7 Å². The first kappa shape index (κ1) is 65.4. The van der Waals surface area contributed by atoms with Gasteiger partial charge in [-0.1, -0.05) is 67.7 Å². The third-order valence-corrected chi connectivity index (χ3v) is 12.8. The van der Waals surface area contributed by atoms with Gasteiger partial charge in [0.25, 0.3) is 0 Å². The average molecular weight is 1050 g/mol. The first-order valence-electron chi connectivity index (χ1n) is 25.6. The van der Waals surface area contributed by atoms with E-state index in [1.54, 1.807) is 55.4 Å². The molecule has 26 heteroatoms. The van der Waals surface area contributed by atoms with Crippen LogP contribution in [0.4, 0.5) is 0 Å². The summed E-state index contributed by atoms with van der Waals surface area (Å²) >= 11 is 0. The minimum atomic E-state index is -1.67. The topological polar surface area (TPSA) is 401 Å². The van der Waals surface area contributed by atoms with Gasteiger partial charge in [0.1, 0.15) is 48.3 Å². The average Bonchev–Trinajstić information content (AvgIpc) is 3.83. The zero-order chi connectivity index (χ0) is 56.6. The van der Waals surface area contributed by atoms with Crippen molar-refractivity contribution in [2.45, 2.75) is 181 Å². The van der Waals surface area contributed by atoms with Crippen LogP contribution in [0.5, 0.6) is 0 Å². The van der Waals surface area contributed by atoms with Crippen molar-refractivity contribution >= 4 is 70.9 Å². The molecule has 1 aliphatic heterocycles. The molecule has 0 aromatic rings. The molecule has 420 valence electrons. The molecule has 0 aromatic heterocycles. The van der Waals surface area contributed by atoms with Gasteiger partial charge in [-0.25, -0.2) is 0 Å². The Hall–Kier alpha value is -6.60. The molecule has 0 saturated carbocycles. The number of carbonyl (C=O) groups excluding carboxylic acids is 11. The number of rotatable bonds is 32. The Bertz CT molecular complexity index is 1980. The molecule has 0 aliphatic carbocycles. The Morgan fingerprint density at radius 1 is 0.662 bits per heavy atom. The normalized spacial score (nSPS) is 17.2. The van der Waals surface area contributed by atoms with E-state index in [2.05, 4.69) is 47.5 Å². The number of aliphatic imine (C=N–C) groups is 1. The van der Waals surface area contributed by atoms with E-state index in [1.807, 2.05) is 0 Å². The van der Waals surface area contributed by atoms with Crippen LogP contribution in [0.1, 0.15) is 127 Å². The van der Waals surface area contributed by atoms with Crippen molar-refractivity contribution in [1.29, 1.82) is 0 Å². The predicted molar refractivity (Wildman–Crippen MR) is 274 cm³/mol. The number of hydrogen-bond acceptors (Lipinski definition) is 13. The van der Waals surface area contributed by atoms with E-state index in [1.165, 1.54) is 25.8 Å². The van der Waals surface area contributed by atoms with Gasteiger partial charge in [-0.05, 0) is 63.7 Å². The fourth-order valence-electron chi connectivity index (χ4n) is 7.95. The lowest BCUT2D eigenvalue weighted by atomic mass is 9.95. The van der Waals surface area contributed by atoms with E-state index in [4.69, 9.17) is 17.2 Å². The molecule has 1 aliphatic rings. The van der Waals surface area contributed by atoms with Crippen molar-refractivity contribution in [1.82, 2.24) is 52.3 Å². The van der Waals surface area contributed by atoms with Crippen molar-refractivity contribution in [3.8, 4) is 0 Å². The summed E-state index contributed by atoms with van der Waals surface area (Å²) in [6.45, 7) is 16.4. The molecule has 0 aromatic carbocycles. The number of hydrogen-bond donors (Lipinski definition) is 12. The lowest BCUT2D eigenvalue weighted by Crippen LogP contribution is -2.63. The Labute approximate surface area is 434 Å². The Morgan fingerprint density at radius 2 is 1.16 bits per heavy atom. The van der Waals surface area contributed by atoms with Crippen molar-refractivity contribution in [3.63, 3.8) is 0 Å². The van der Waals surface area contributed by atoms with Crippen molar-refractivity contribution in [2.75, 3.05) is 33.2 Å². The summed E-state index contributed by atoms with van der Waals surface area (Å²) in [6, 6.07) is -10.2. The van der Waals surface area contributed by atoms with E-state index in [9.17, 15) is 57.8 Å². The zero-order valence-electron chi connectivity index (χ0n) is 45.1. The van der Waals surface area contributed by atoms with Crippen LogP contribution in [-0.4, -0.2) is 174 Å². The third kappa shape index (κ3) is 21.5. The van der Waals surface area contributed by atoms with Gasteiger partial charge in [-0.15, -0.1) is 0 Å². The predicted octanol–water partition coefficient (Wildman–Crippen LogP) is -3.16. The highest BCUT2D eigenvalue weighted by Gasteiger charge is 2.40. The molecule has 0 unspecified atom stereocenters. The second-order valence-electron chi connectivity index (χ2n) is 19.3. The molecule has 0 spiro atoms. The number of aliphatic hydroxyl groups excluding tert-OH is 1. The molecule has 0 bridgehead atoms. The Balaban J connectivity index is 3.39. The van der Waals surface area contributed by atoms with Gasteiger partial charge in [0.05, 0.1) is 19.1 Å². The highest BCUT2D eigenvalue weighted by atomic mass is 16.3. The van der Waals surface area contributed by atoms with E-state index in [-0.39, 0.29) is 37.7 Å². The Kier molecular flexibility index (Phi) is 28.8. The number of nitrogens with two attached hydrogens (primary N) is 3. The quantitative estimate of drug-likeness (QED) is 0.0180. The van der Waals surface area contributed by atoms with Crippen LogP contribution in [0.25, 0.3) is 0 Å². The van der Waals surface area contributed by atoms with E-state index < -0.39 is 144 Å². The molecule has 11 amide bonds. The number of likely N-dealkylation sites (tertiary alicyclic amines) is 1. The molecule has 1 rings (SSSR count). The molecule has 15 N–H and O–H groups in total. The van der Waals surface area contributed by atoms with Gasteiger partial charge >= 0.3 is 0 Å². The highest BCUT2D eigenvalue weighted by molar-refractivity contribution is 5.99. The van der Waals surface area contributed by atoms with Crippen molar-refractivity contribution < 1.29 is 57.8 Å². The maximum Gasteiger partial charge on any atom is 0.245 e. The van der Waals surface area contributed by atoms with E-state index in [0.29, 0.717) is 45.2 Å². The molecule has 74 heavy (non-hydrogen) atoms. The number of primary amides is 1. The van der Waals surface area contributed by atoms with E-state index >= 15 is 0 Å². The number of nitrogens with zero attached hydrogens (tertiary/aromatic N) is 3. The zero-order valence-corrected chi connectivity index (χ0v) is 45.1. The molecule has 26 nitrogen and oxygen atoms in total. The SMILES string of the molecule is CCC[C@H](NC(=O)[C@@H](NC(=O)[C@H](NC(=O)[C@@H](NC(=O)[C@H](CC(N)=O)NC(=O)CN(C)C(C)=O)C(C)C)[C@@H](C)CC)[C@@H](C)O)C(=O)N[C@H](C(=O)N[C@@H](CCCN=C(N)N)C(=O)N1CCC[C@H]1C(=O)NCC)[C@@H](C)CC. The van der Waals surface area contributed by atoms with Crippen molar-refractivity contribution in [3.05, 3.63) is 0 Å². The monoisotopic (exact) mass is 1050 g/mol. The molecule has 11 atom stereocenters. The largest absolute Gasteiger partial charge is 0.391 e. The molecule has 0 radical (unpaired) electrons. The second-order valence-corrected chi connectivity index (χ2v) is 19.3. The van der Waals surface area contributed by atoms with Crippen LogP contribution in [0.2, 0.25) is 0 Å². The van der Waals surface area contributed by atoms with Crippen molar-refractivity contribution in [2.24, 2.45) is 39.9 Å². The van der Waals surface area contributed by atoms with E-state index in [0.717, 1.165) is 4.90 Å². The summed E-state index contributed by atoms with van der Waals surface area (Å²) in [5, 5.41) is 31.8. The van der Waals surface area contributed by atoms with Crippen LogP contribution in [0.15, 0.2) is 4.99 Å². The van der Waals surface area contributed by atoms with Gasteiger partial charge in [-0.3, -0.25) is 57.7 Å². The van der Waals surface area contributed by atoms with Crippen LogP contribution in [0, 0.1) is 17.8 Å². The second kappa shape index (κ2) is 32.6. The summed E-state index contributed by atoms with van der Waals surface area (Å²) in [6.07, 6.45) is 0.361. The standard InChI is InChI=1S/C48H86N14O12/c1-12-18-30(40(67)58-37(26(7)13-2)44(71)56-31(19-16-21-53-48(50)51)47(74)62-22-17-20-33(62)42(69)52-15-4)55-46(73)39(28(9)63)60-45(72)38(27(8)14-3)59-43(70)36(25(5)6)57-41(68)32(23-34(49)65)54-35(66)24-61(11)29(10)64/h25-28,30-33,36-39,63H,12-24H2,1-11H3,(H2,49,65)(H,52,69)(H,54,66)(H,55,73)(H,56,71)(H,57,68)(H,58,67)(H,59,70)(H,60,72)(H4,50,51,53)/t26-,27-,28+,30-,31-,32-,33-,36-,37-,38+,39-/m0/s1. The highest BCUT2D eigenvalue weighted by Crippen LogP contribution is 2.21. The van der Waals surface area contributed by atoms with Crippen LogP contribution < -0.4 is 59.7 Å². The number of guanidine groups is 1. The smallest absolute Gasteiger partial charge is 0.245 e. The summed E-state index contributed by atoms with van der Waals surface area (Å²) < 4.78 is 0. The number of carbonyl (C=O) groups is 11. The van der Waals surface area contributed by atoms with Gasteiger partial charge in [0, 0.05) is 33.6 Å². The molecule has 1 saturated heterocycles. The lowest BCUT2D eigenvalue weighted by molar-refractivity contribution is -0.142. The number of aliphatic hydroxyl groups is 1. The summed E-state index contributed by atoms with van der Waals surface area (Å²) in [5.41, 5.74) is 16.3. The number of nitrogens with one attached hydrogen (secondary N) is 8. The summed E-state index contributed by atoms with van der Waals surface area (Å²) in [5.74, 6) is -9.93. The summed E-state index contributed by atoms with van der Waals surface area (Å²) in [7, 11) is 1.36. The number of likely N-dealkylation sites (N-methyl/N-ethyl adjacent to an activating group) is 2. The third-order valence-electron chi connectivity index (χ3n) is 12.8. The van der Waals surface area contributed by atoms with Gasteiger partial charge in [0.2, 0.25) is 65.0 Å². The van der Waals surface area contributed by atoms with Gasteiger partial charge < -0.3 is 74.6 Å². The molecule has 1 fully saturated rings. The van der Waals surface area contributed by atoms with Gasteiger partial charge in [0.15, 0.2) is 5.96 Å². The fourth-order valence-corrected chi connectivity index (χ4v) is 7.95. The first-order valence-corrected chi connectivity index (χ1v) is 25.6. The molecular weight excluding hydrogens is 965 g/mol. The maximum absolute atomic E-state index is 14.2. The minimum absolute atomic E-state index is 0.0578. The molecule has 1 heterocycles. The maximum atomic E-state index is 14.2. The summed E-state index contributed by atoms with van der Waals surface area (Å²) in [4.78, 5) is 153. The first-order chi connectivity index (χ1) is 34.6. The van der Waals surface area contributed by atoms with Crippen LogP contribution in [0.3, 0.4) is 0 Å². The fraction of sp³-hybridized carbons (Fsp3) is 0.750. The van der Waals surface area contributed by atoms with Crippen LogP contribution >= 0.6 is 0 Å². The lowest BCUT2D eigenvalue weighted by Gasteiger charge is -2.32. The van der Waals surface area contributed by atoms with Gasteiger partial charge in [-0.2, -0.15) is 0 Å².